The molecule has 0 fully saturated rings. The van der Waals surface area contributed by atoms with Gasteiger partial charge in [-0.1, -0.05) is 5.16 Å². The van der Waals surface area contributed by atoms with E-state index in [0.717, 1.165) is 0 Å². The lowest BCUT2D eigenvalue weighted by Gasteiger charge is -1.90. The van der Waals surface area contributed by atoms with Crippen LogP contribution in [-0.2, 0) is 9.59 Å². The topological polar surface area (TPSA) is 101 Å². The molecule has 0 saturated carbocycles. The number of hydrogen-bond donors (Lipinski definition) is 2. The van der Waals surface area contributed by atoms with Crippen LogP contribution in [0.3, 0.4) is 0 Å². The molecule has 0 amide bonds. The average molecular weight is 183 g/mol. The van der Waals surface area contributed by atoms with Crippen molar-refractivity contribution in [3.8, 4) is 0 Å². The van der Waals surface area contributed by atoms with Gasteiger partial charge in [0.2, 0.25) is 0 Å². The van der Waals surface area contributed by atoms with Crippen LogP contribution in [0.1, 0.15) is 5.69 Å². The third-order valence-electron chi connectivity index (χ3n) is 1.18. The van der Waals surface area contributed by atoms with Gasteiger partial charge in [-0.3, -0.25) is 4.79 Å². The summed E-state index contributed by atoms with van der Waals surface area (Å²) in [6.45, 7) is 0. The quantitative estimate of drug-likeness (QED) is 0.395. The van der Waals surface area contributed by atoms with Crippen LogP contribution in [0.15, 0.2) is 22.9 Å². The fourth-order valence-electron chi connectivity index (χ4n) is 0.605. The molecule has 1 rings (SSSR count). The van der Waals surface area contributed by atoms with Crippen molar-refractivity contribution >= 4 is 17.5 Å². The number of carbonyl (C=O) groups is 2. The maximum atomic E-state index is 10.6. The molecule has 1 aromatic rings. The molecule has 6 heteroatoms. The average Bonchev–Trinajstić information content (AvgIpc) is 2.55. The minimum absolute atomic E-state index is 0.00889. The Hall–Kier alpha value is -2.11. The highest BCUT2D eigenvalue weighted by Crippen LogP contribution is 2.07. The van der Waals surface area contributed by atoms with Crippen LogP contribution in [0.25, 0.3) is 5.76 Å². The number of aliphatic hydroxyl groups is 1. The van der Waals surface area contributed by atoms with E-state index in [9.17, 15) is 9.59 Å². The van der Waals surface area contributed by atoms with Gasteiger partial charge in [-0.15, -0.1) is 0 Å². The summed E-state index contributed by atoms with van der Waals surface area (Å²) in [6.07, 6.45) is 1.74. The van der Waals surface area contributed by atoms with E-state index in [-0.39, 0.29) is 5.69 Å². The van der Waals surface area contributed by atoms with Crippen LogP contribution in [0.4, 0.5) is 0 Å². The maximum absolute atomic E-state index is 10.6. The van der Waals surface area contributed by atoms with Gasteiger partial charge in [0, 0.05) is 12.1 Å². The number of aliphatic hydroxyl groups excluding tert-OH is 1. The Balaban J connectivity index is 2.84. The normalized spacial score (nSPS) is 11.2. The molecule has 0 aromatic carbocycles. The summed E-state index contributed by atoms with van der Waals surface area (Å²) in [4.78, 5) is 20.6. The lowest BCUT2D eigenvalue weighted by atomic mass is 10.3. The van der Waals surface area contributed by atoms with E-state index < -0.39 is 17.5 Å². The number of ketones is 1. The third kappa shape index (κ3) is 2.16. The van der Waals surface area contributed by atoms with E-state index in [0.29, 0.717) is 6.08 Å². The highest BCUT2D eigenvalue weighted by molar-refractivity contribution is 6.38. The van der Waals surface area contributed by atoms with Gasteiger partial charge in [-0.2, -0.15) is 0 Å². The number of rotatable bonds is 3. The first-order chi connectivity index (χ1) is 6.11. The summed E-state index contributed by atoms with van der Waals surface area (Å²) >= 11 is 0. The van der Waals surface area contributed by atoms with E-state index in [1.807, 2.05) is 0 Å². The SMILES string of the molecule is O=C(O)C(=O)/C=C(\O)c1ccon1. The van der Waals surface area contributed by atoms with Crippen molar-refractivity contribution < 1.29 is 24.3 Å². The van der Waals surface area contributed by atoms with Crippen molar-refractivity contribution in [2.45, 2.75) is 0 Å². The van der Waals surface area contributed by atoms with Crippen LogP contribution >= 0.6 is 0 Å². The molecule has 2 N–H and O–H groups in total. The number of carboxylic acids is 1. The van der Waals surface area contributed by atoms with Gasteiger partial charge in [0.1, 0.15) is 17.7 Å². The molecular weight excluding hydrogens is 178 g/mol. The van der Waals surface area contributed by atoms with Crippen molar-refractivity contribution in [2.75, 3.05) is 0 Å². The van der Waals surface area contributed by atoms with Gasteiger partial charge >= 0.3 is 5.97 Å². The van der Waals surface area contributed by atoms with Crippen molar-refractivity contribution in [3.63, 3.8) is 0 Å². The van der Waals surface area contributed by atoms with Gasteiger partial charge in [0.05, 0.1) is 0 Å². The molecule has 13 heavy (non-hydrogen) atoms. The zero-order chi connectivity index (χ0) is 9.84. The van der Waals surface area contributed by atoms with Crippen molar-refractivity contribution in [1.29, 1.82) is 0 Å². The second-order valence-electron chi connectivity index (χ2n) is 2.08. The van der Waals surface area contributed by atoms with E-state index in [2.05, 4.69) is 9.68 Å². The Morgan fingerprint density at radius 2 is 2.15 bits per heavy atom. The van der Waals surface area contributed by atoms with E-state index >= 15 is 0 Å². The van der Waals surface area contributed by atoms with Crippen LogP contribution < -0.4 is 0 Å². The fraction of sp³-hybridized carbons (Fsp3) is 0. The van der Waals surface area contributed by atoms with Crippen LogP contribution in [-0.4, -0.2) is 27.1 Å². The fourth-order valence-corrected chi connectivity index (χ4v) is 0.605. The molecule has 6 nitrogen and oxygen atoms in total. The maximum Gasteiger partial charge on any atom is 0.376 e. The zero-order valence-electron chi connectivity index (χ0n) is 6.30. The van der Waals surface area contributed by atoms with E-state index in [1.54, 1.807) is 0 Å². The molecule has 1 aromatic heterocycles. The minimum atomic E-state index is -1.64. The molecule has 1 heterocycles. The predicted octanol–water partition coefficient (Wildman–Crippen LogP) is 0.227. The molecule has 0 unspecified atom stereocenters. The molecule has 0 saturated heterocycles. The van der Waals surface area contributed by atoms with Gasteiger partial charge in [-0.05, 0) is 0 Å². The minimum Gasteiger partial charge on any atom is -0.505 e. The first-order valence-corrected chi connectivity index (χ1v) is 3.20. The molecule has 0 spiro atoms. The molecular formula is C7H5NO5. The highest BCUT2D eigenvalue weighted by Gasteiger charge is 2.11. The molecule has 0 aliphatic heterocycles. The Labute approximate surface area is 72.1 Å². The Morgan fingerprint density at radius 1 is 1.46 bits per heavy atom. The second-order valence-corrected chi connectivity index (χ2v) is 2.08. The number of hydrogen-bond acceptors (Lipinski definition) is 5. The number of carboxylic acid groups (broad SMARTS) is 1. The summed E-state index contributed by atoms with van der Waals surface area (Å²) in [5, 5.41) is 20.6. The standard InChI is InChI=1S/C7H5NO5/c9-5(3-6(10)7(11)12)4-1-2-13-8-4/h1-3,9H,(H,11,12)/b5-3-. The van der Waals surface area contributed by atoms with E-state index in [1.165, 1.54) is 12.3 Å². The van der Waals surface area contributed by atoms with Gasteiger partial charge in [0.15, 0.2) is 0 Å². The molecule has 0 atom stereocenters. The Morgan fingerprint density at radius 3 is 2.62 bits per heavy atom. The molecule has 0 aliphatic rings. The van der Waals surface area contributed by atoms with Crippen LogP contribution in [0, 0.1) is 0 Å². The van der Waals surface area contributed by atoms with Crippen molar-refractivity contribution in [2.24, 2.45) is 0 Å². The Kier molecular flexibility index (Phi) is 2.44. The number of aromatic nitrogens is 1. The zero-order valence-corrected chi connectivity index (χ0v) is 6.30. The van der Waals surface area contributed by atoms with E-state index in [4.69, 9.17) is 10.2 Å². The van der Waals surface area contributed by atoms with Crippen LogP contribution in [0.5, 0.6) is 0 Å². The number of aliphatic carboxylic acids is 1. The number of carbonyl (C=O) groups excluding carboxylic acids is 1. The predicted molar refractivity (Wildman–Crippen MR) is 39.8 cm³/mol. The summed E-state index contributed by atoms with van der Waals surface area (Å²) in [7, 11) is 0. The molecule has 68 valence electrons. The lowest BCUT2D eigenvalue weighted by molar-refractivity contribution is -0.146. The molecule has 0 aliphatic carbocycles. The van der Waals surface area contributed by atoms with Gasteiger partial charge < -0.3 is 14.7 Å². The smallest absolute Gasteiger partial charge is 0.376 e. The summed E-state index contributed by atoms with van der Waals surface area (Å²) in [5.74, 6) is -3.41. The summed E-state index contributed by atoms with van der Waals surface area (Å²) < 4.78 is 4.37. The molecule has 0 bridgehead atoms. The largest absolute Gasteiger partial charge is 0.505 e. The van der Waals surface area contributed by atoms with Crippen molar-refractivity contribution in [1.82, 2.24) is 5.16 Å². The first-order valence-electron chi connectivity index (χ1n) is 3.20. The van der Waals surface area contributed by atoms with Gasteiger partial charge in [-0.25, -0.2) is 4.79 Å². The van der Waals surface area contributed by atoms with Crippen LogP contribution in [0.2, 0.25) is 0 Å². The Bertz CT molecular complexity index is 351. The van der Waals surface area contributed by atoms with Crippen molar-refractivity contribution in [3.05, 3.63) is 24.1 Å². The number of nitrogens with zero attached hydrogens (tertiary/aromatic N) is 1. The second kappa shape index (κ2) is 3.53. The first kappa shape index (κ1) is 8.98. The molecule has 0 radical (unpaired) electrons. The van der Waals surface area contributed by atoms with Gasteiger partial charge in [0.25, 0.3) is 5.78 Å². The lowest BCUT2D eigenvalue weighted by Crippen LogP contribution is -2.09. The third-order valence-corrected chi connectivity index (χ3v) is 1.18. The summed E-state index contributed by atoms with van der Waals surface area (Å²) in [6, 6.07) is 1.29. The summed E-state index contributed by atoms with van der Waals surface area (Å²) in [5.41, 5.74) is 0.00889. The highest BCUT2D eigenvalue weighted by atomic mass is 16.5. The monoisotopic (exact) mass is 183 g/mol.